The second-order valence-electron chi connectivity index (χ2n) is 6.99. The van der Waals surface area contributed by atoms with E-state index in [0.29, 0.717) is 18.8 Å². The van der Waals surface area contributed by atoms with Gasteiger partial charge in [0.2, 0.25) is 0 Å². The van der Waals surface area contributed by atoms with Gasteiger partial charge in [-0.2, -0.15) is 0 Å². The molecule has 1 atom stereocenters. The molecule has 148 valence electrons. The van der Waals surface area contributed by atoms with E-state index in [1.54, 1.807) is 25.9 Å². The highest BCUT2D eigenvalue weighted by atomic mass is 16.5. The quantitative estimate of drug-likeness (QED) is 0.720. The number of likely N-dealkylation sites (N-methyl/N-ethyl adjacent to an activating group) is 1. The van der Waals surface area contributed by atoms with Crippen molar-refractivity contribution in [3.8, 4) is 5.75 Å². The molecule has 1 aliphatic rings. The molecule has 1 amide bonds. The van der Waals surface area contributed by atoms with Crippen LogP contribution in [0.15, 0.2) is 35.6 Å². The first kappa shape index (κ1) is 21.0. The lowest BCUT2D eigenvalue weighted by Crippen LogP contribution is -2.38. The van der Waals surface area contributed by atoms with Crippen LogP contribution >= 0.6 is 0 Å². The van der Waals surface area contributed by atoms with Crippen molar-refractivity contribution in [1.29, 1.82) is 0 Å². The summed E-state index contributed by atoms with van der Waals surface area (Å²) in [6.07, 6.45) is 0. The van der Waals surface area contributed by atoms with Crippen LogP contribution in [0.1, 0.15) is 39.3 Å². The van der Waals surface area contributed by atoms with Gasteiger partial charge in [0.25, 0.3) is 5.91 Å². The lowest BCUT2D eigenvalue weighted by atomic mass is 9.91. The number of Topliss-reactive ketones (excluding diaryl/α,β-unsaturated/α-hetero) is 1. The lowest BCUT2D eigenvalue weighted by molar-refractivity contribution is -0.129. The summed E-state index contributed by atoms with van der Waals surface area (Å²) in [6.45, 7) is 10.5. The first-order valence-electron chi connectivity index (χ1n) is 9.50. The molecular weight excluding hydrogens is 344 g/mol. The van der Waals surface area contributed by atoms with Crippen molar-refractivity contribution < 1.29 is 19.4 Å². The summed E-state index contributed by atoms with van der Waals surface area (Å²) in [5.41, 5.74) is 0.943. The van der Waals surface area contributed by atoms with Crippen molar-refractivity contribution in [2.45, 2.75) is 33.7 Å². The Morgan fingerprint density at radius 1 is 1.30 bits per heavy atom. The number of amides is 1. The molecule has 1 heterocycles. The molecule has 0 aromatic heterocycles. The van der Waals surface area contributed by atoms with Gasteiger partial charge in [0.05, 0.1) is 18.7 Å². The molecule has 0 aliphatic carbocycles. The number of aliphatic hydroxyl groups is 1. The number of carbonyl (C=O) groups is 2. The largest absolute Gasteiger partial charge is 0.503 e. The molecule has 0 radical (unpaired) electrons. The van der Waals surface area contributed by atoms with Gasteiger partial charge < -0.3 is 19.6 Å². The van der Waals surface area contributed by atoms with E-state index < -0.39 is 17.7 Å². The molecule has 0 fully saturated rings. The molecular formula is C21H30N2O4. The van der Waals surface area contributed by atoms with Crippen LogP contribution in [0.4, 0.5) is 0 Å². The molecule has 2 rings (SSSR count). The smallest absolute Gasteiger partial charge is 0.290 e. The fourth-order valence-corrected chi connectivity index (χ4v) is 3.39. The molecule has 0 saturated heterocycles. The molecule has 0 bridgehead atoms. The maximum atomic E-state index is 12.8. The molecule has 0 saturated carbocycles. The SMILES string of the molecule is CCN(CC)CCN1C(=O)C(O)=C(C(=O)C(C)C)C1c1cccc(OC)c1. The summed E-state index contributed by atoms with van der Waals surface area (Å²) in [7, 11) is 1.57. The summed E-state index contributed by atoms with van der Waals surface area (Å²) in [5.74, 6) is -0.795. The predicted octanol–water partition coefficient (Wildman–Crippen LogP) is 2.96. The fraction of sp³-hybridized carbons (Fsp3) is 0.524. The van der Waals surface area contributed by atoms with Crippen LogP contribution < -0.4 is 4.74 Å². The number of aliphatic hydroxyl groups excluding tert-OH is 1. The molecule has 6 nitrogen and oxygen atoms in total. The molecule has 1 N–H and O–H groups in total. The van der Waals surface area contributed by atoms with E-state index in [4.69, 9.17) is 4.74 Å². The molecule has 1 aliphatic heterocycles. The van der Waals surface area contributed by atoms with Crippen molar-refractivity contribution in [1.82, 2.24) is 9.80 Å². The van der Waals surface area contributed by atoms with E-state index in [9.17, 15) is 14.7 Å². The third-order valence-corrected chi connectivity index (χ3v) is 5.05. The van der Waals surface area contributed by atoms with Crippen molar-refractivity contribution in [3.63, 3.8) is 0 Å². The molecule has 6 heteroatoms. The molecule has 27 heavy (non-hydrogen) atoms. The maximum Gasteiger partial charge on any atom is 0.290 e. The Hall–Kier alpha value is -2.34. The highest BCUT2D eigenvalue weighted by Crippen LogP contribution is 2.39. The standard InChI is InChI=1S/C21H30N2O4/c1-6-22(7-2)11-12-23-18(15-9-8-10-16(13-15)27-5)17(19(24)14(3)4)20(25)21(23)26/h8-10,13-14,18,25H,6-7,11-12H2,1-5H3. The van der Waals surface area contributed by atoms with Gasteiger partial charge in [-0.3, -0.25) is 9.59 Å². The minimum Gasteiger partial charge on any atom is -0.503 e. The van der Waals surface area contributed by atoms with E-state index in [2.05, 4.69) is 18.7 Å². The molecule has 1 unspecified atom stereocenters. The van der Waals surface area contributed by atoms with E-state index >= 15 is 0 Å². The molecule has 0 spiro atoms. The summed E-state index contributed by atoms with van der Waals surface area (Å²) in [6, 6.07) is 6.71. The third-order valence-electron chi connectivity index (χ3n) is 5.05. The zero-order valence-electron chi connectivity index (χ0n) is 16.9. The highest BCUT2D eigenvalue weighted by molar-refractivity contribution is 6.09. The van der Waals surface area contributed by atoms with Crippen LogP contribution in [-0.2, 0) is 9.59 Å². The summed E-state index contributed by atoms with van der Waals surface area (Å²) >= 11 is 0. The Morgan fingerprint density at radius 3 is 2.52 bits per heavy atom. The second-order valence-corrected chi connectivity index (χ2v) is 6.99. The predicted molar refractivity (Wildman–Crippen MR) is 105 cm³/mol. The van der Waals surface area contributed by atoms with E-state index in [1.165, 1.54) is 0 Å². The minimum absolute atomic E-state index is 0.183. The fourth-order valence-electron chi connectivity index (χ4n) is 3.39. The van der Waals surface area contributed by atoms with Crippen LogP contribution in [0.5, 0.6) is 5.75 Å². The zero-order chi connectivity index (χ0) is 20.1. The lowest BCUT2D eigenvalue weighted by Gasteiger charge is -2.29. The second kappa shape index (κ2) is 9.04. The Morgan fingerprint density at radius 2 is 1.96 bits per heavy atom. The van der Waals surface area contributed by atoms with E-state index in [1.807, 2.05) is 24.3 Å². The number of ether oxygens (including phenoxy) is 1. The van der Waals surface area contributed by atoms with Crippen LogP contribution in [-0.4, -0.2) is 59.9 Å². The van der Waals surface area contributed by atoms with Crippen LogP contribution in [0.25, 0.3) is 0 Å². The molecule has 1 aromatic carbocycles. The van der Waals surface area contributed by atoms with Crippen molar-refractivity contribution in [3.05, 3.63) is 41.2 Å². The van der Waals surface area contributed by atoms with Gasteiger partial charge in [-0.1, -0.05) is 39.8 Å². The summed E-state index contributed by atoms with van der Waals surface area (Å²) in [5, 5.41) is 10.5. The van der Waals surface area contributed by atoms with Crippen molar-refractivity contribution in [2.75, 3.05) is 33.3 Å². The minimum atomic E-state index is -0.599. The number of nitrogens with zero attached hydrogens (tertiary/aromatic N) is 2. The summed E-state index contributed by atoms with van der Waals surface area (Å²) in [4.78, 5) is 29.4. The normalized spacial score (nSPS) is 17.4. The number of benzene rings is 1. The Labute approximate surface area is 161 Å². The number of rotatable bonds is 9. The van der Waals surface area contributed by atoms with E-state index in [0.717, 1.165) is 18.7 Å². The Kier molecular flexibility index (Phi) is 7.02. The van der Waals surface area contributed by atoms with Crippen LogP contribution in [0, 0.1) is 5.92 Å². The maximum absolute atomic E-state index is 12.8. The van der Waals surface area contributed by atoms with Crippen molar-refractivity contribution >= 4 is 11.7 Å². The topological polar surface area (TPSA) is 70.1 Å². The zero-order valence-corrected chi connectivity index (χ0v) is 16.9. The van der Waals surface area contributed by atoms with Gasteiger partial charge in [0, 0.05) is 19.0 Å². The Balaban J connectivity index is 2.46. The average Bonchev–Trinajstić information content (AvgIpc) is 2.92. The van der Waals surface area contributed by atoms with Gasteiger partial charge in [-0.05, 0) is 30.8 Å². The van der Waals surface area contributed by atoms with Crippen LogP contribution in [0.2, 0.25) is 0 Å². The van der Waals surface area contributed by atoms with Gasteiger partial charge in [-0.25, -0.2) is 0 Å². The van der Waals surface area contributed by atoms with Gasteiger partial charge in [0.1, 0.15) is 5.75 Å². The monoisotopic (exact) mass is 374 g/mol. The Bertz CT molecular complexity index is 723. The average molecular weight is 374 g/mol. The van der Waals surface area contributed by atoms with Gasteiger partial charge >= 0.3 is 0 Å². The van der Waals surface area contributed by atoms with Crippen molar-refractivity contribution in [2.24, 2.45) is 5.92 Å². The molecule has 1 aromatic rings. The number of hydrogen-bond donors (Lipinski definition) is 1. The summed E-state index contributed by atoms with van der Waals surface area (Å²) < 4.78 is 5.30. The first-order chi connectivity index (χ1) is 12.8. The van der Waals surface area contributed by atoms with Crippen LogP contribution in [0.3, 0.4) is 0 Å². The number of ketones is 1. The van der Waals surface area contributed by atoms with Gasteiger partial charge in [-0.15, -0.1) is 0 Å². The third kappa shape index (κ3) is 4.33. The number of methoxy groups -OCH3 is 1. The first-order valence-corrected chi connectivity index (χ1v) is 9.50. The number of hydrogen-bond acceptors (Lipinski definition) is 5. The highest BCUT2D eigenvalue weighted by Gasteiger charge is 2.43. The number of carbonyl (C=O) groups excluding carboxylic acids is 2. The van der Waals surface area contributed by atoms with Gasteiger partial charge in [0.15, 0.2) is 11.5 Å². The van der Waals surface area contributed by atoms with E-state index in [-0.39, 0.29) is 17.3 Å².